The first-order valence-electron chi connectivity index (χ1n) is 14.9. The van der Waals surface area contributed by atoms with Crippen LogP contribution < -0.4 is 10.1 Å². The number of rotatable bonds is 7. The average Bonchev–Trinajstić information content (AvgIpc) is 3.14. The quantitative estimate of drug-likeness (QED) is 0.443. The molecule has 11 heteroatoms. The fourth-order valence-electron chi connectivity index (χ4n) is 6.02. The molecule has 1 aromatic carbocycles. The van der Waals surface area contributed by atoms with Gasteiger partial charge in [0.05, 0.1) is 36.5 Å². The lowest BCUT2D eigenvalue weighted by Crippen LogP contribution is -2.65. The van der Waals surface area contributed by atoms with E-state index in [1.54, 1.807) is 37.8 Å². The molecule has 0 saturated carbocycles. The van der Waals surface area contributed by atoms with E-state index >= 15 is 4.39 Å². The molecule has 2 amide bonds. The SMILES string of the molecule is C[C@@H]1CC2(COCC(=O)N2)C(CO[C@H]2CC=C(c3c(F)cccc3OCC(=O)OC(C)(C)C)CC2)N1C(=O)OC(C)(C)C. The van der Waals surface area contributed by atoms with Crippen molar-refractivity contribution < 1.29 is 42.5 Å². The maximum atomic E-state index is 15.0. The molecular formula is C32H45FN2O8. The summed E-state index contributed by atoms with van der Waals surface area (Å²) in [5, 5.41) is 3.09. The number of hydrogen-bond acceptors (Lipinski definition) is 8. The molecule has 1 spiro atoms. The summed E-state index contributed by atoms with van der Waals surface area (Å²) >= 11 is 0. The lowest BCUT2D eigenvalue weighted by Gasteiger charge is -2.41. The van der Waals surface area contributed by atoms with Gasteiger partial charge in [-0.1, -0.05) is 12.1 Å². The van der Waals surface area contributed by atoms with E-state index in [0.29, 0.717) is 31.2 Å². The van der Waals surface area contributed by atoms with Crippen LogP contribution in [-0.2, 0) is 28.5 Å². The predicted molar refractivity (Wildman–Crippen MR) is 157 cm³/mol. The van der Waals surface area contributed by atoms with Crippen molar-refractivity contribution in [3.63, 3.8) is 0 Å². The van der Waals surface area contributed by atoms with Gasteiger partial charge in [-0.2, -0.15) is 0 Å². The molecule has 43 heavy (non-hydrogen) atoms. The highest BCUT2D eigenvalue weighted by Gasteiger charge is 2.56. The second kappa shape index (κ2) is 12.8. The Morgan fingerprint density at radius 1 is 1.14 bits per heavy atom. The first kappa shape index (κ1) is 32.7. The average molecular weight is 605 g/mol. The maximum Gasteiger partial charge on any atom is 0.410 e. The molecule has 3 aliphatic rings. The molecule has 2 saturated heterocycles. The number of morpholine rings is 1. The molecule has 1 aliphatic carbocycles. The van der Waals surface area contributed by atoms with E-state index in [-0.39, 0.29) is 50.2 Å². The third-order valence-electron chi connectivity index (χ3n) is 7.61. The molecule has 2 fully saturated rings. The van der Waals surface area contributed by atoms with Crippen LogP contribution >= 0.6 is 0 Å². The molecule has 2 unspecified atom stereocenters. The van der Waals surface area contributed by atoms with E-state index < -0.39 is 40.7 Å². The number of nitrogens with one attached hydrogen (secondary N) is 1. The Balaban J connectivity index is 1.45. The molecule has 10 nitrogen and oxygen atoms in total. The Morgan fingerprint density at radius 3 is 2.49 bits per heavy atom. The Labute approximate surface area is 253 Å². The number of esters is 1. The van der Waals surface area contributed by atoms with Gasteiger partial charge < -0.3 is 29.0 Å². The molecular weight excluding hydrogens is 559 g/mol. The van der Waals surface area contributed by atoms with Crippen molar-refractivity contribution in [3.8, 4) is 5.75 Å². The summed E-state index contributed by atoms with van der Waals surface area (Å²) < 4.78 is 43.7. The van der Waals surface area contributed by atoms with Gasteiger partial charge in [-0.05, 0) is 91.9 Å². The van der Waals surface area contributed by atoms with E-state index in [9.17, 15) is 14.4 Å². The second-order valence-electron chi connectivity index (χ2n) is 13.6. The molecule has 0 bridgehead atoms. The van der Waals surface area contributed by atoms with Gasteiger partial charge in [0.25, 0.3) is 0 Å². The molecule has 0 aromatic heterocycles. The first-order chi connectivity index (χ1) is 20.1. The van der Waals surface area contributed by atoms with Gasteiger partial charge in [0.1, 0.15) is 29.4 Å². The lowest BCUT2D eigenvalue weighted by molar-refractivity contribution is -0.157. The second-order valence-corrected chi connectivity index (χ2v) is 13.6. The summed E-state index contributed by atoms with van der Waals surface area (Å²) in [4.78, 5) is 39.5. The van der Waals surface area contributed by atoms with E-state index in [1.165, 1.54) is 6.07 Å². The van der Waals surface area contributed by atoms with Crippen LogP contribution in [0.4, 0.5) is 9.18 Å². The molecule has 1 N–H and O–H groups in total. The van der Waals surface area contributed by atoms with Gasteiger partial charge in [-0.25, -0.2) is 14.0 Å². The van der Waals surface area contributed by atoms with Gasteiger partial charge in [-0.3, -0.25) is 9.69 Å². The topological polar surface area (TPSA) is 113 Å². The number of benzene rings is 1. The smallest absolute Gasteiger partial charge is 0.410 e. The first-order valence-corrected chi connectivity index (χ1v) is 14.9. The number of likely N-dealkylation sites (tertiary alicyclic amines) is 1. The van der Waals surface area contributed by atoms with Crippen molar-refractivity contribution >= 4 is 23.5 Å². The summed E-state index contributed by atoms with van der Waals surface area (Å²) in [6.45, 7) is 12.8. The highest BCUT2D eigenvalue weighted by atomic mass is 19.1. The molecule has 2 aliphatic heterocycles. The molecule has 238 valence electrons. The third kappa shape index (κ3) is 8.26. The number of nitrogens with zero attached hydrogens (tertiary/aromatic N) is 1. The van der Waals surface area contributed by atoms with Crippen LogP contribution in [0.1, 0.15) is 79.7 Å². The summed E-state index contributed by atoms with van der Waals surface area (Å²) in [7, 11) is 0. The third-order valence-corrected chi connectivity index (χ3v) is 7.61. The van der Waals surface area contributed by atoms with Crippen molar-refractivity contribution in [2.24, 2.45) is 0 Å². The van der Waals surface area contributed by atoms with Gasteiger partial charge in [0.15, 0.2) is 6.61 Å². The van der Waals surface area contributed by atoms with Crippen molar-refractivity contribution in [1.29, 1.82) is 0 Å². The fourth-order valence-corrected chi connectivity index (χ4v) is 6.02. The van der Waals surface area contributed by atoms with Gasteiger partial charge in [0.2, 0.25) is 5.91 Å². The van der Waals surface area contributed by atoms with Crippen LogP contribution in [0.3, 0.4) is 0 Å². The van der Waals surface area contributed by atoms with E-state index in [2.05, 4.69) is 5.32 Å². The van der Waals surface area contributed by atoms with Crippen LogP contribution in [0, 0.1) is 5.82 Å². The van der Waals surface area contributed by atoms with E-state index in [0.717, 1.165) is 5.57 Å². The summed E-state index contributed by atoms with van der Waals surface area (Å²) in [5.41, 5.74) is -1.02. The molecule has 0 radical (unpaired) electrons. The molecule has 1 aromatic rings. The Hall–Kier alpha value is -3.18. The van der Waals surface area contributed by atoms with Crippen molar-refractivity contribution in [1.82, 2.24) is 10.2 Å². The number of carbonyl (C=O) groups excluding carboxylic acids is 3. The number of ether oxygens (including phenoxy) is 5. The van der Waals surface area contributed by atoms with Gasteiger partial charge in [-0.15, -0.1) is 0 Å². The monoisotopic (exact) mass is 604 g/mol. The number of amides is 2. The van der Waals surface area contributed by atoms with Crippen molar-refractivity contribution in [3.05, 3.63) is 35.7 Å². The lowest BCUT2D eigenvalue weighted by atomic mass is 9.88. The Kier molecular flexibility index (Phi) is 9.76. The van der Waals surface area contributed by atoms with Gasteiger partial charge >= 0.3 is 12.1 Å². The highest BCUT2D eigenvalue weighted by Crippen LogP contribution is 2.39. The highest BCUT2D eigenvalue weighted by molar-refractivity contribution is 5.80. The molecule has 4 atom stereocenters. The van der Waals surface area contributed by atoms with Crippen LogP contribution in [0.2, 0.25) is 0 Å². The van der Waals surface area contributed by atoms with E-state index in [4.69, 9.17) is 23.7 Å². The van der Waals surface area contributed by atoms with Crippen molar-refractivity contribution in [2.45, 2.75) is 109 Å². The number of hydrogen-bond donors (Lipinski definition) is 1. The summed E-state index contributed by atoms with van der Waals surface area (Å²) in [5.74, 6) is -0.920. The van der Waals surface area contributed by atoms with Crippen LogP contribution in [0.15, 0.2) is 24.3 Å². The zero-order valence-corrected chi connectivity index (χ0v) is 26.3. The summed E-state index contributed by atoms with van der Waals surface area (Å²) in [6, 6.07) is 3.85. The number of carbonyl (C=O) groups is 3. The predicted octanol–water partition coefficient (Wildman–Crippen LogP) is 4.78. The maximum absolute atomic E-state index is 15.0. The largest absolute Gasteiger partial charge is 0.481 e. The minimum atomic E-state index is -0.783. The standard InChI is InChI=1S/C32H45FN2O8/c1-20-15-32(19-39-17-26(36)34-32)25(35(20)29(38)43-31(5,6)7)16-40-22-13-11-21(12-14-22)28-23(33)9-8-10-24(28)41-18-27(37)42-30(2,3)4/h8-11,20,22,25H,12-19H2,1-7H3,(H,34,36)/t20-,22+,25?,32?/m1/s1. The zero-order chi connectivity index (χ0) is 31.6. The Morgan fingerprint density at radius 2 is 1.86 bits per heavy atom. The van der Waals surface area contributed by atoms with Crippen LogP contribution in [0.5, 0.6) is 5.75 Å². The molecule has 2 heterocycles. The van der Waals surface area contributed by atoms with Crippen LogP contribution in [0.25, 0.3) is 5.57 Å². The minimum absolute atomic E-state index is 0.0220. The van der Waals surface area contributed by atoms with Crippen LogP contribution in [-0.4, -0.2) is 84.2 Å². The summed E-state index contributed by atoms with van der Waals surface area (Å²) in [6.07, 6.45) is 3.44. The fraction of sp³-hybridized carbons (Fsp3) is 0.656. The van der Waals surface area contributed by atoms with E-state index in [1.807, 2.05) is 33.8 Å². The normalized spacial score (nSPS) is 26.1. The van der Waals surface area contributed by atoms with Gasteiger partial charge in [0, 0.05) is 6.04 Å². The number of allylic oxidation sites excluding steroid dienone is 1. The number of halogens is 1. The Bertz CT molecular complexity index is 1240. The molecule has 4 rings (SSSR count). The zero-order valence-electron chi connectivity index (χ0n) is 26.3. The minimum Gasteiger partial charge on any atom is -0.481 e. The van der Waals surface area contributed by atoms with Crippen molar-refractivity contribution in [2.75, 3.05) is 26.4 Å².